The Balaban J connectivity index is 1.37. The van der Waals surface area contributed by atoms with Crippen LogP contribution in [0.2, 0.25) is 0 Å². The highest BCUT2D eigenvalue weighted by atomic mass is 16.4. The molecule has 1 atom stereocenters. The van der Waals surface area contributed by atoms with Gasteiger partial charge in [0.2, 0.25) is 0 Å². The van der Waals surface area contributed by atoms with Gasteiger partial charge in [0.1, 0.15) is 11.9 Å². The molecule has 3 aromatic rings. The first kappa shape index (κ1) is 25.0. The molecule has 0 radical (unpaired) electrons. The zero-order chi connectivity index (χ0) is 24.2. The van der Waals surface area contributed by atoms with Crippen LogP contribution in [0.3, 0.4) is 0 Å². The third kappa shape index (κ3) is 8.03. The van der Waals surface area contributed by atoms with E-state index in [9.17, 15) is 14.7 Å². The van der Waals surface area contributed by atoms with E-state index < -0.39 is 17.9 Å². The molecular formula is C23H30N8O3. The van der Waals surface area contributed by atoms with Crippen molar-refractivity contribution in [2.24, 2.45) is 7.05 Å². The van der Waals surface area contributed by atoms with Gasteiger partial charge in [0, 0.05) is 51.5 Å². The number of aromatic nitrogens is 4. The van der Waals surface area contributed by atoms with E-state index in [4.69, 9.17) is 0 Å². The zero-order valence-corrected chi connectivity index (χ0v) is 19.1. The van der Waals surface area contributed by atoms with E-state index in [0.717, 1.165) is 17.2 Å². The molecule has 180 valence electrons. The van der Waals surface area contributed by atoms with Crippen LogP contribution in [-0.2, 0) is 31.5 Å². The van der Waals surface area contributed by atoms with Gasteiger partial charge in [0.25, 0.3) is 5.91 Å². The summed E-state index contributed by atoms with van der Waals surface area (Å²) in [7, 11) is 1.91. The van der Waals surface area contributed by atoms with Crippen molar-refractivity contribution in [2.45, 2.75) is 38.5 Å². The summed E-state index contributed by atoms with van der Waals surface area (Å²) in [5.74, 6) is -0.654. The molecule has 0 unspecified atom stereocenters. The van der Waals surface area contributed by atoms with Crippen molar-refractivity contribution in [3.8, 4) is 0 Å². The molecule has 0 spiro atoms. The predicted molar refractivity (Wildman–Crippen MR) is 125 cm³/mol. The fraction of sp³-hybridized carbons (Fsp3) is 0.348. The Kier molecular flexibility index (Phi) is 9.65. The summed E-state index contributed by atoms with van der Waals surface area (Å²) >= 11 is 0. The Labute approximate surface area is 198 Å². The molecule has 0 fully saturated rings. The summed E-state index contributed by atoms with van der Waals surface area (Å²) in [6.07, 6.45) is 7.63. The highest BCUT2D eigenvalue weighted by Gasteiger charge is 2.20. The van der Waals surface area contributed by atoms with Crippen LogP contribution in [0, 0.1) is 0 Å². The van der Waals surface area contributed by atoms with Gasteiger partial charge in [-0.3, -0.25) is 25.6 Å². The maximum absolute atomic E-state index is 12.5. The van der Waals surface area contributed by atoms with Crippen LogP contribution in [0.25, 0.3) is 0 Å². The van der Waals surface area contributed by atoms with Crippen LogP contribution in [0.5, 0.6) is 0 Å². The molecule has 0 aromatic carbocycles. The van der Waals surface area contributed by atoms with E-state index in [1.165, 1.54) is 6.20 Å². The molecule has 3 aromatic heterocycles. The summed E-state index contributed by atoms with van der Waals surface area (Å²) in [4.78, 5) is 36.8. The van der Waals surface area contributed by atoms with Crippen molar-refractivity contribution >= 4 is 11.9 Å². The first-order valence-electron chi connectivity index (χ1n) is 11.0. The van der Waals surface area contributed by atoms with Gasteiger partial charge in [-0.1, -0.05) is 6.07 Å². The molecule has 5 N–H and O–H groups in total. The summed E-state index contributed by atoms with van der Waals surface area (Å²) in [5, 5.41) is 15.3. The van der Waals surface area contributed by atoms with Gasteiger partial charge < -0.3 is 20.3 Å². The Morgan fingerprint density at radius 2 is 1.82 bits per heavy atom. The second kappa shape index (κ2) is 13.1. The number of carbonyl (C=O) groups is 2. The van der Waals surface area contributed by atoms with Gasteiger partial charge in [-0.2, -0.15) is 0 Å². The summed E-state index contributed by atoms with van der Waals surface area (Å²) in [6.45, 7) is 2.23. The molecule has 1 amide bonds. The van der Waals surface area contributed by atoms with Gasteiger partial charge in [0.05, 0.1) is 23.5 Å². The zero-order valence-electron chi connectivity index (χ0n) is 19.1. The number of carboxylic acids is 1. The van der Waals surface area contributed by atoms with Crippen molar-refractivity contribution in [1.29, 1.82) is 0 Å². The third-order valence-corrected chi connectivity index (χ3v) is 5.12. The number of aryl methyl sites for hydroxylation is 1. The molecule has 0 bridgehead atoms. The van der Waals surface area contributed by atoms with Crippen LogP contribution in [0.4, 0.5) is 0 Å². The summed E-state index contributed by atoms with van der Waals surface area (Å²) in [5.41, 5.74) is 8.09. The van der Waals surface area contributed by atoms with E-state index in [1.807, 2.05) is 36.0 Å². The van der Waals surface area contributed by atoms with Crippen molar-refractivity contribution in [3.63, 3.8) is 0 Å². The molecule has 34 heavy (non-hydrogen) atoms. The molecule has 0 aliphatic carbocycles. The molecule has 0 saturated carbocycles. The third-order valence-electron chi connectivity index (χ3n) is 5.12. The Hall–Kier alpha value is -3.67. The lowest BCUT2D eigenvalue weighted by Crippen LogP contribution is -2.41. The first-order valence-corrected chi connectivity index (χ1v) is 11.0. The van der Waals surface area contributed by atoms with Gasteiger partial charge in [-0.25, -0.2) is 9.78 Å². The number of amides is 1. The molecule has 3 heterocycles. The number of carbonyl (C=O) groups excluding carboxylic acids is 1. The fourth-order valence-corrected chi connectivity index (χ4v) is 3.18. The standard InChI is InChI=1S/C23H30N8O3/c1-31-12-11-26-21(31)16-29-28-10-4-6-20(23(33)34)30-22(32)17-7-8-19(27-13-17)15-24-14-18-5-2-3-9-25-18/h2-3,5,7-9,11-13,20,24,28-29H,4,6,10,14-16H2,1H3,(H,30,32)(H,33,34)/t20-/m0/s1. The van der Waals surface area contributed by atoms with Gasteiger partial charge in [0.15, 0.2) is 0 Å². The lowest BCUT2D eigenvalue weighted by Gasteiger charge is -2.15. The number of nitrogens with zero attached hydrogens (tertiary/aromatic N) is 4. The molecule has 11 nitrogen and oxygen atoms in total. The van der Waals surface area contributed by atoms with Gasteiger partial charge in [-0.15, -0.1) is 0 Å². The van der Waals surface area contributed by atoms with Crippen LogP contribution in [-0.4, -0.2) is 49.1 Å². The largest absolute Gasteiger partial charge is 0.480 e. The summed E-state index contributed by atoms with van der Waals surface area (Å²) < 4.78 is 1.91. The average Bonchev–Trinajstić information content (AvgIpc) is 3.25. The van der Waals surface area contributed by atoms with Crippen molar-refractivity contribution in [2.75, 3.05) is 6.54 Å². The highest BCUT2D eigenvalue weighted by molar-refractivity contribution is 5.96. The highest BCUT2D eigenvalue weighted by Crippen LogP contribution is 2.04. The predicted octanol–water partition coefficient (Wildman–Crippen LogP) is 0.758. The maximum atomic E-state index is 12.5. The number of hydrogen-bond donors (Lipinski definition) is 5. The number of hydrogen-bond acceptors (Lipinski definition) is 8. The Morgan fingerprint density at radius 3 is 2.47 bits per heavy atom. The lowest BCUT2D eigenvalue weighted by molar-refractivity contribution is -0.139. The van der Waals surface area contributed by atoms with Crippen molar-refractivity contribution in [3.05, 3.63) is 77.9 Å². The van der Waals surface area contributed by atoms with E-state index in [0.29, 0.717) is 44.6 Å². The number of hydrazine groups is 1. The quantitative estimate of drug-likeness (QED) is 0.172. The molecule has 0 saturated heterocycles. The van der Waals surface area contributed by atoms with Crippen LogP contribution >= 0.6 is 0 Å². The van der Waals surface area contributed by atoms with Crippen LogP contribution in [0.1, 0.15) is 40.4 Å². The van der Waals surface area contributed by atoms with Crippen molar-refractivity contribution < 1.29 is 14.7 Å². The molecule has 0 aliphatic rings. The second-order valence-electron chi connectivity index (χ2n) is 7.70. The SMILES string of the molecule is Cn1ccnc1CNNCCC[C@H](NC(=O)c1ccc(CNCc2ccccn2)nc1)C(=O)O. The number of nitrogens with one attached hydrogen (secondary N) is 4. The summed E-state index contributed by atoms with van der Waals surface area (Å²) in [6, 6.07) is 8.13. The molecule has 0 aliphatic heterocycles. The number of imidazole rings is 1. The normalized spacial score (nSPS) is 11.8. The Morgan fingerprint density at radius 1 is 1.00 bits per heavy atom. The number of rotatable bonds is 14. The van der Waals surface area contributed by atoms with E-state index in [1.54, 1.807) is 24.5 Å². The van der Waals surface area contributed by atoms with E-state index in [-0.39, 0.29) is 0 Å². The maximum Gasteiger partial charge on any atom is 0.326 e. The van der Waals surface area contributed by atoms with Crippen LogP contribution in [0.15, 0.2) is 55.1 Å². The minimum absolute atomic E-state index is 0.293. The first-order chi connectivity index (χ1) is 16.5. The monoisotopic (exact) mass is 466 g/mol. The average molecular weight is 467 g/mol. The number of aliphatic carboxylic acids is 1. The van der Waals surface area contributed by atoms with Crippen molar-refractivity contribution in [1.82, 2.24) is 41.0 Å². The minimum atomic E-state index is -1.07. The topological polar surface area (TPSA) is 146 Å². The minimum Gasteiger partial charge on any atom is -0.480 e. The molecule has 11 heteroatoms. The number of carboxylic acid groups (broad SMARTS) is 1. The van der Waals surface area contributed by atoms with Crippen LogP contribution < -0.4 is 21.5 Å². The van der Waals surface area contributed by atoms with Gasteiger partial charge >= 0.3 is 5.97 Å². The van der Waals surface area contributed by atoms with E-state index in [2.05, 4.69) is 36.4 Å². The van der Waals surface area contributed by atoms with Gasteiger partial charge in [-0.05, 0) is 37.1 Å². The smallest absolute Gasteiger partial charge is 0.326 e. The number of pyridine rings is 2. The lowest BCUT2D eigenvalue weighted by atomic mass is 10.1. The fourth-order valence-electron chi connectivity index (χ4n) is 3.18. The second-order valence-corrected chi connectivity index (χ2v) is 7.70. The molecule has 3 rings (SSSR count). The molecular weight excluding hydrogens is 436 g/mol. The van der Waals surface area contributed by atoms with E-state index >= 15 is 0 Å². The Bertz CT molecular complexity index is 1040.